The summed E-state index contributed by atoms with van der Waals surface area (Å²) in [5.41, 5.74) is 0.318. The summed E-state index contributed by atoms with van der Waals surface area (Å²) in [6, 6.07) is 1.05. The van der Waals surface area contributed by atoms with Crippen molar-refractivity contribution < 1.29 is 8.85 Å². The van der Waals surface area contributed by atoms with Crippen molar-refractivity contribution in [1.29, 1.82) is 0 Å². The average Bonchev–Trinajstić information content (AvgIpc) is 1.84. The lowest BCUT2D eigenvalue weighted by Gasteiger charge is -2.22. The summed E-state index contributed by atoms with van der Waals surface area (Å²) in [4.78, 5) is 0. The molecule has 0 saturated carbocycles. The Bertz CT molecular complexity index is 104. The first-order valence-electron chi connectivity index (χ1n) is 4.61. The Hall–Kier alpha value is 0.137. The van der Waals surface area contributed by atoms with Gasteiger partial charge in [0.15, 0.2) is 0 Å². The quantitative estimate of drug-likeness (QED) is 0.619. The molecule has 12 heavy (non-hydrogen) atoms. The fraction of sp³-hybridized carbons (Fsp3) is 1.00. The third-order valence-corrected chi connectivity index (χ3v) is 3.86. The molecule has 0 aliphatic heterocycles. The minimum Gasteiger partial charge on any atom is -0.394 e. The van der Waals surface area contributed by atoms with E-state index in [0.29, 0.717) is 5.41 Å². The maximum atomic E-state index is 5.54. The first-order chi connectivity index (χ1) is 5.49. The Kier molecular flexibility index (Phi) is 5.79. The van der Waals surface area contributed by atoms with Crippen LogP contribution in [0.15, 0.2) is 0 Å². The van der Waals surface area contributed by atoms with Gasteiger partial charge in [0.05, 0.1) is 0 Å². The second kappa shape index (κ2) is 5.73. The molecule has 0 aromatic carbocycles. The van der Waals surface area contributed by atoms with E-state index in [2.05, 4.69) is 20.8 Å². The van der Waals surface area contributed by atoms with Crippen molar-refractivity contribution in [3.63, 3.8) is 0 Å². The van der Waals surface area contributed by atoms with Crippen LogP contribution in [0, 0.1) is 5.41 Å². The Morgan fingerprint density at radius 3 is 1.67 bits per heavy atom. The fourth-order valence-corrected chi connectivity index (χ4v) is 2.70. The van der Waals surface area contributed by atoms with Crippen LogP contribution >= 0.6 is 0 Å². The molecule has 0 bridgehead atoms. The van der Waals surface area contributed by atoms with Gasteiger partial charge >= 0.3 is 9.28 Å². The van der Waals surface area contributed by atoms with Crippen LogP contribution in [0.3, 0.4) is 0 Å². The van der Waals surface area contributed by atoms with E-state index in [0.717, 1.165) is 19.3 Å². The zero-order valence-corrected chi connectivity index (χ0v) is 9.94. The van der Waals surface area contributed by atoms with E-state index in [1.807, 2.05) is 13.8 Å². The van der Waals surface area contributed by atoms with Crippen molar-refractivity contribution in [1.82, 2.24) is 0 Å². The minimum atomic E-state index is -1.00. The standard InChI is InChI=1S/C9H21O2Si/c1-6-10-12(11-7-2)8-9(3,4)5/h6-8H2,1-5H3. The smallest absolute Gasteiger partial charge is 0.385 e. The van der Waals surface area contributed by atoms with E-state index in [9.17, 15) is 0 Å². The molecule has 3 heteroatoms. The summed E-state index contributed by atoms with van der Waals surface area (Å²) < 4.78 is 11.1. The van der Waals surface area contributed by atoms with Gasteiger partial charge < -0.3 is 8.85 Å². The molecule has 1 radical (unpaired) electrons. The lowest BCUT2D eigenvalue weighted by Crippen LogP contribution is -2.28. The molecule has 0 heterocycles. The van der Waals surface area contributed by atoms with E-state index in [4.69, 9.17) is 8.85 Å². The normalized spacial score (nSPS) is 12.5. The van der Waals surface area contributed by atoms with Crippen LogP contribution in [0.4, 0.5) is 0 Å². The second-order valence-electron chi connectivity index (χ2n) is 3.98. The topological polar surface area (TPSA) is 18.5 Å². The highest BCUT2D eigenvalue weighted by molar-refractivity contribution is 6.44. The van der Waals surface area contributed by atoms with Crippen molar-refractivity contribution in [2.45, 2.75) is 40.7 Å². The molecule has 0 N–H and O–H groups in total. The summed E-state index contributed by atoms with van der Waals surface area (Å²) in [7, 11) is -1.00. The Morgan fingerprint density at radius 1 is 1.00 bits per heavy atom. The molecule has 0 saturated heterocycles. The van der Waals surface area contributed by atoms with E-state index in [-0.39, 0.29) is 0 Å². The highest BCUT2D eigenvalue weighted by Gasteiger charge is 2.23. The lowest BCUT2D eigenvalue weighted by molar-refractivity contribution is 0.202. The van der Waals surface area contributed by atoms with Gasteiger partial charge in [-0.15, -0.1) is 0 Å². The molecule has 0 spiro atoms. The number of rotatable bonds is 5. The van der Waals surface area contributed by atoms with Crippen LogP contribution in [0.2, 0.25) is 6.04 Å². The van der Waals surface area contributed by atoms with E-state index in [1.54, 1.807) is 0 Å². The maximum absolute atomic E-state index is 5.54. The van der Waals surface area contributed by atoms with Gasteiger partial charge in [-0.3, -0.25) is 0 Å². The molecule has 0 fully saturated rings. The third kappa shape index (κ3) is 6.82. The summed E-state index contributed by atoms with van der Waals surface area (Å²) in [5, 5.41) is 0. The van der Waals surface area contributed by atoms with Crippen molar-refractivity contribution in [3.05, 3.63) is 0 Å². The van der Waals surface area contributed by atoms with Crippen molar-refractivity contribution in [2.75, 3.05) is 13.2 Å². The summed E-state index contributed by atoms with van der Waals surface area (Å²) in [6.45, 7) is 12.2. The molecule has 2 nitrogen and oxygen atoms in total. The largest absolute Gasteiger partial charge is 0.394 e. The van der Waals surface area contributed by atoms with Gasteiger partial charge in [-0.05, 0) is 25.3 Å². The van der Waals surface area contributed by atoms with Gasteiger partial charge in [0.2, 0.25) is 0 Å². The van der Waals surface area contributed by atoms with Gasteiger partial charge in [-0.2, -0.15) is 0 Å². The average molecular weight is 189 g/mol. The second-order valence-corrected chi connectivity index (χ2v) is 5.65. The van der Waals surface area contributed by atoms with Gasteiger partial charge in [-0.1, -0.05) is 20.8 Å². The Labute approximate surface area is 78.1 Å². The van der Waals surface area contributed by atoms with Gasteiger partial charge in [-0.25, -0.2) is 0 Å². The molecule has 0 atom stereocenters. The van der Waals surface area contributed by atoms with E-state index >= 15 is 0 Å². The highest BCUT2D eigenvalue weighted by atomic mass is 28.3. The SMILES string of the molecule is CCO[Si](CC(C)(C)C)OCC. The van der Waals surface area contributed by atoms with Gasteiger partial charge in [0.1, 0.15) is 0 Å². The van der Waals surface area contributed by atoms with E-state index < -0.39 is 9.28 Å². The molecular weight excluding hydrogens is 168 g/mol. The lowest BCUT2D eigenvalue weighted by atomic mass is 10.0. The molecule has 0 aromatic rings. The van der Waals surface area contributed by atoms with Gasteiger partial charge in [0.25, 0.3) is 0 Å². The van der Waals surface area contributed by atoms with Crippen LogP contribution in [0.25, 0.3) is 0 Å². The first-order valence-corrected chi connectivity index (χ1v) is 6.13. The van der Waals surface area contributed by atoms with Crippen LogP contribution in [0.1, 0.15) is 34.6 Å². The van der Waals surface area contributed by atoms with Crippen molar-refractivity contribution in [2.24, 2.45) is 5.41 Å². The molecule has 0 unspecified atom stereocenters. The Balaban J connectivity index is 3.77. The predicted octanol–water partition coefficient (Wildman–Crippen LogP) is 2.59. The third-order valence-electron chi connectivity index (χ3n) is 1.29. The zero-order chi connectivity index (χ0) is 9.61. The van der Waals surface area contributed by atoms with Gasteiger partial charge in [0, 0.05) is 13.2 Å². The summed E-state index contributed by atoms with van der Waals surface area (Å²) >= 11 is 0. The zero-order valence-electron chi connectivity index (χ0n) is 8.94. The minimum absolute atomic E-state index is 0.318. The maximum Gasteiger partial charge on any atom is 0.385 e. The van der Waals surface area contributed by atoms with Crippen LogP contribution in [0.5, 0.6) is 0 Å². The van der Waals surface area contributed by atoms with E-state index in [1.165, 1.54) is 0 Å². The van der Waals surface area contributed by atoms with Crippen molar-refractivity contribution >= 4 is 9.28 Å². The van der Waals surface area contributed by atoms with Crippen molar-refractivity contribution in [3.8, 4) is 0 Å². The van der Waals surface area contributed by atoms with Crippen LogP contribution < -0.4 is 0 Å². The molecule has 0 aliphatic rings. The number of hydrogen-bond acceptors (Lipinski definition) is 2. The molecule has 0 amide bonds. The summed E-state index contributed by atoms with van der Waals surface area (Å²) in [6.07, 6.45) is 0. The fourth-order valence-electron chi connectivity index (χ4n) is 0.899. The molecule has 73 valence electrons. The predicted molar refractivity (Wildman–Crippen MR) is 53.3 cm³/mol. The molecule has 0 rings (SSSR count). The van der Waals surface area contributed by atoms with Crippen LogP contribution in [-0.2, 0) is 8.85 Å². The molecule has 0 aliphatic carbocycles. The molecule has 0 aromatic heterocycles. The number of hydrogen-bond donors (Lipinski definition) is 0. The first kappa shape index (κ1) is 12.1. The monoisotopic (exact) mass is 189 g/mol. The Morgan fingerprint density at radius 2 is 1.42 bits per heavy atom. The molecular formula is C9H21O2Si. The summed E-state index contributed by atoms with van der Waals surface area (Å²) in [5.74, 6) is 0. The highest BCUT2D eigenvalue weighted by Crippen LogP contribution is 2.22. The van der Waals surface area contributed by atoms with Crippen LogP contribution in [-0.4, -0.2) is 22.5 Å².